The highest BCUT2D eigenvalue weighted by Crippen LogP contribution is 2.34. The Kier molecular flexibility index (Phi) is 15.6. The number of halogens is 5. The van der Waals surface area contributed by atoms with Crippen molar-refractivity contribution in [1.29, 1.82) is 0 Å². The molecule has 0 unspecified atom stereocenters. The number of carboxylic acids is 1. The van der Waals surface area contributed by atoms with Crippen LogP contribution in [-0.4, -0.2) is 32.0 Å². The van der Waals surface area contributed by atoms with Crippen LogP contribution in [0.4, 0.5) is 22.0 Å². The van der Waals surface area contributed by atoms with Gasteiger partial charge >= 0.3 is 12.1 Å². The van der Waals surface area contributed by atoms with Gasteiger partial charge in [0.25, 0.3) is 0 Å². The van der Waals surface area contributed by atoms with Crippen molar-refractivity contribution in [3.63, 3.8) is 0 Å². The van der Waals surface area contributed by atoms with Gasteiger partial charge in [0.15, 0.2) is 17.4 Å². The Hall–Kier alpha value is -5.06. The number of rotatable bonds is 22. The summed E-state index contributed by atoms with van der Waals surface area (Å²) in [5.74, 6) is -2.75. The van der Waals surface area contributed by atoms with Crippen LogP contribution in [0, 0.1) is 11.6 Å². The summed E-state index contributed by atoms with van der Waals surface area (Å²) in [5, 5.41) is 14.2. The fraction of sp³-hybridized carbons (Fsp3) is 0.400. The molecule has 298 valence electrons. The lowest BCUT2D eigenvalue weighted by atomic mass is 10.00. The van der Waals surface area contributed by atoms with E-state index in [2.05, 4.69) is 41.3 Å². The molecule has 11 heteroatoms. The molecule has 5 rings (SSSR count). The molecule has 0 aliphatic carbocycles. The number of carbonyl (C=O) groups is 1. The number of pyridine rings is 1. The molecule has 1 N–H and O–H groups in total. The zero-order valence-electron chi connectivity index (χ0n) is 31.9. The van der Waals surface area contributed by atoms with E-state index in [-0.39, 0.29) is 41.4 Å². The number of hydrogen-bond donors (Lipinski definition) is 1. The van der Waals surface area contributed by atoms with Crippen LogP contribution in [0.2, 0.25) is 0 Å². The number of benzene rings is 3. The third-order valence-corrected chi connectivity index (χ3v) is 9.90. The van der Waals surface area contributed by atoms with Crippen LogP contribution in [0.5, 0.6) is 5.75 Å². The standard InChI is InChI=1S/C45H50F5N3O3/c1-2-3-4-8-11-15-32-19-23-34(24-20-32)35-25-21-33(22-26-35)31-56-43-37(28-36(46)29-39(43)47)40-16-14-18-42(52-40)53-41(38(30-51-53)44(54)55)17-12-9-6-5-7-10-13-27-45(48,49)50/h14,16,18-26,28-30H,2-13,15,17,27,31H2,1H3,(H,54,55). The molecule has 0 spiro atoms. The number of unbranched alkanes of at least 4 members (excludes halogenated alkanes) is 10. The fourth-order valence-electron chi connectivity index (χ4n) is 6.83. The van der Waals surface area contributed by atoms with Crippen LogP contribution in [0.1, 0.15) is 118 Å². The molecule has 2 heterocycles. The number of ether oxygens (including phenoxy) is 1. The SMILES string of the molecule is CCCCCCCc1ccc(-c2ccc(COc3c(F)cc(F)cc3-c3cccc(-n4ncc(C(=O)O)c4CCCCCCCCCC(F)(F)F)n3)cc2)cc1. The summed E-state index contributed by atoms with van der Waals surface area (Å²) in [5.41, 5.74) is 4.99. The molecule has 0 fully saturated rings. The maximum Gasteiger partial charge on any atom is 0.389 e. The lowest BCUT2D eigenvalue weighted by Crippen LogP contribution is -2.09. The zero-order valence-corrected chi connectivity index (χ0v) is 31.9. The van der Waals surface area contributed by atoms with Crippen LogP contribution in [0.15, 0.2) is 85.1 Å². The molecule has 0 aliphatic heterocycles. The third kappa shape index (κ3) is 12.5. The van der Waals surface area contributed by atoms with Crippen LogP contribution in [-0.2, 0) is 19.4 Å². The lowest BCUT2D eigenvalue weighted by Gasteiger charge is -2.14. The van der Waals surface area contributed by atoms with E-state index in [0.29, 0.717) is 31.4 Å². The monoisotopic (exact) mass is 775 g/mol. The maximum atomic E-state index is 15.3. The first-order valence-corrected chi connectivity index (χ1v) is 19.7. The van der Waals surface area contributed by atoms with Gasteiger partial charge in [-0.15, -0.1) is 0 Å². The lowest BCUT2D eigenvalue weighted by molar-refractivity contribution is -0.135. The van der Waals surface area contributed by atoms with E-state index in [4.69, 9.17) is 4.74 Å². The molecule has 3 aromatic carbocycles. The molecule has 0 amide bonds. The van der Waals surface area contributed by atoms with E-state index in [9.17, 15) is 27.5 Å². The number of carboxylic acid groups (broad SMARTS) is 1. The van der Waals surface area contributed by atoms with E-state index in [0.717, 1.165) is 54.5 Å². The summed E-state index contributed by atoms with van der Waals surface area (Å²) >= 11 is 0. The Morgan fingerprint density at radius 2 is 1.36 bits per heavy atom. The van der Waals surface area contributed by atoms with Gasteiger partial charge in [-0.1, -0.05) is 119 Å². The molecule has 2 aromatic heterocycles. The molecule has 0 saturated carbocycles. The van der Waals surface area contributed by atoms with Gasteiger partial charge in [0.2, 0.25) is 0 Å². The average molecular weight is 776 g/mol. The molecular formula is C45H50F5N3O3. The second-order valence-corrected chi connectivity index (χ2v) is 14.3. The van der Waals surface area contributed by atoms with Crippen LogP contribution in [0.3, 0.4) is 0 Å². The number of alkyl halides is 3. The highest BCUT2D eigenvalue weighted by molar-refractivity contribution is 5.88. The largest absolute Gasteiger partial charge is 0.485 e. The summed E-state index contributed by atoms with van der Waals surface area (Å²) in [6, 6.07) is 23.2. The second-order valence-electron chi connectivity index (χ2n) is 14.3. The Labute approximate surface area is 325 Å². The summed E-state index contributed by atoms with van der Waals surface area (Å²) in [6.07, 6.45) is 8.37. The van der Waals surface area contributed by atoms with Crippen LogP contribution in [0.25, 0.3) is 28.2 Å². The number of hydrogen-bond acceptors (Lipinski definition) is 4. The van der Waals surface area contributed by atoms with Crippen molar-refractivity contribution in [3.8, 4) is 34.0 Å². The number of aromatic carboxylic acids is 1. The quantitative estimate of drug-likeness (QED) is 0.0559. The maximum absolute atomic E-state index is 15.3. The normalized spacial score (nSPS) is 11.6. The first-order valence-electron chi connectivity index (χ1n) is 19.7. The van der Waals surface area contributed by atoms with E-state index in [1.165, 1.54) is 48.5 Å². The van der Waals surface area contributed by atoms with Crippen LogP contribution >= 0.6 is 0 Å². The fourth-order valence-corrected chi connectivity index (χ4v) is 6.83. The molecule has 0 bridgehead atoms. The van der Waals surface area contributed by atoms with Crippen molar-refractivity contribution in [1.82, 2.24) is 14.8 Å². The van der Waals surface area contributed by atoms with Crippen molar-refractivity contribution >= 4 is 5.97 Å². The Balaban J connectivity index is 1.23. The van der Waals surface area contributed by atoms with Crippen molar-refractivity contribution in [2.75, 3.05) is 0 Å². The molecule has 0 atom stereocenters. The Morgan fingerprint density at radius 1 is 0.750 bits per heavy atom. The predicted octanol–water partition coefficient (Wildman–Crippen LogP) is 12.9. The van der Waals surface area contributed by atoms with E-state index in [1.807, 2.05) is 24.3 Å². The minimum absolute atomic E-state index is 0.0152. The van der Waals surface area contributed by atoms with Crippen molar-refractivity contribution in [3.05, 3.63) is 119 Å². The summed E-state index contributed by atoms with van der Waals surface area (Å²) in [4.78, 5) is 16.7. The minimum atomic E-state index is -4.13. The molecule has 6 nitrogen and oxygen atoms in total. The highest BCUT2D eigenvalue weighted by Gasteiger charge is 2.26. The number of aryl methyl sites for hydroxylation is 1. The van der Waals surface area contributed by atoms with Gasteiger partial charge in [0, 0.05) is 18.1 Å². The van der Waals surface area contributed by atoms with Gasteiger partial charge in [0.1, 0.15) is 18.0 Å². The summed E-state index contributed by atoms with van der Waals surface area (Å²) in [6.45, 7) is 2.24. The number of nitrogens with zero attached hydrogens (tertiary/aromatic N) is 3. The topological polar surface area (TPSA) is 77.2 Å². The van der Waals surface area contributed by atoms with Gasteiger partial charge < -0.3 is 9.84 Å². The molecular weight excluding hydrogens is 726 g/mol. The Bertz CT molecular complexity index is 1990. The van der Waals surface area contributed by atoms with Crippen LogP contribution < -0.4 is 4.74 Å². The first-order chi connectivity index (χ1) is 27.0. The molecule has 0 saturated heterocycles. The average Bonchev–Trinajstić information content (AvgIpc) is 3.61. The van der Waals surface area contributed by atoms with Gasteiger partial charge in [-0.3, -0.25) is 0 Å². The first kappa shape index (κ1) is 42.1. The molecule has 0 aliphatic rings. The molecule has 56 heavy (non-hydrogen) atoms. The van der Waals surface area contributed by atoms with Gasteiger partial charge in [-0.25, -0.2) is 23.2 Å². The Morgan fingerprint density at radius 3 is 2.00 bits per heavy atom. The van der Waals surface area contributed by atoms with Crippen molar-refractivity contribution in [2.45, 2.75) is 116 Å². The van der Waals surface area contributed by atoms with Crippen molar-refractivity contribution in [2.24, 2.45) is 0 Å². The van der Waals surface area contributed by atoms with E-state index in [1.54, 1.807) is 18.2 Å². The predicted molar refractivity (Wildman–Crippen MR) is 209 cm³/mol. The molecule has 0 radical (unpaired) electrons. The van der Waals surface area contributed by atoms with E-state index >= 15 is 4.39 Å². The highest BCUT2D eigenvalue weighted by atomic mass is 19.4. The summed E-state index contributed by atoms with van der Waals surface area (Å²) < 4.78 is 74.5. The minimum Gasteiger partial charge on any atom is -0.485 e. The van der Waals surface area contributed by atoms with Crippen molar-refractivity contribution < 1.29 is 36.6 Å². The third-order valence-electron chi connectivity index (χ3n) is 9.90. The van der Waals surface area contributed by atoms with Gasteiger partial charge in [-0.05, 0) is 72.6 Å². The number of aromatic nitrogens is 3. The zero-order chi connectivity index (χ0) is 39.9. The smallest absolute Gasteiger partial charge is 0.389 e. The summed E-state index contributed by atoms with van der Waals surface area (Å²) in [7, 11) is 0. The van der Waals surface area contributed by atoms with E-state index < -0.39 is 30.2 Å². The van der Waals surface area contributed by atoms with Gasteiger partial charge in [0.05, 0.1) is 17.6 Å². The second kappa shape index (κ2) is 20.7. The van der Waals surface area contributed by atoms with Gasteiger partial charge in [-0.2, -0.15) is 18.3 Å². The molecule has 5 aromatic rings.